The van der Waals surface area contributed by atoms with Gasteiger partial charge in [0.2, 0.25) is 0 Å². The van der Waals surface area contributed by atoms with E-state index < -0.39 is 4.92 Å². The average Bonchev–Trinajstić information content (AvgIpc) is 2.54. The van der Waals surface area contributed by atoms with Gasteiger partial charge in [-0.1, -0.05) is 44.2 Å². The number of esters is 1. The van der Waals surface area contributed by atoms with Gasteiger partial charge in [0.05, 0.1) is 11.3 Å². The monoisotopic (exact) mass is 319 g/mol. The zero-order chi connectivity index (χ0) is 16.5. The number of nitro benzene ring substituents is 1. The molecule has 0 N–H and O–H groups in total. The number of benzene rings is 1. The Kier molecular flexibility index (Phi) is 7.04. The van der Waals surface area contributed by atoms with E-state index in [2.05, 4.69) is 0 Å². The van der Waals surface area contributed by atoms with Gasteiger partial charge in [-0.3, -0.25) is 14.9 Å². The molecule has 5 heteroatoms. The van der Waals surface area contributed by atoms with Gasteiger partial charge in [0.25, 0.3) is 5.69 Å². The van der Waals surface area contributed by atoms with Crippen LogP contribution in [0.3, 0.4) is 0 Å². The zero-order valence-corrected chi connectivity index (χ0v) is 13.5. The van der Waals surface area contributed by atoms with E-state index >= 15 is 0 Å². The molecule has 0 bridgehead atoms. The number of carbonyl (C=O) groups excluding carboxylic acids is 1. The van der Waals surface area contributed by atoms with Crippen LogP contribution < -0.4 is 0 Å². The Balaban J connectivity index is 1.82. The van der Waals surface area contributed by atoms with Crippen molar-refractivity contribution in [3.63, 3.8) is 0 Å². The molecule has 0 saturated heterocycles. The maximum Gasteiger partial charge on any atom is 0.310 e. The molecule has 1 aromatic rings. The predicted molar refractivity (Wildman–Crippen MR) is 88.2 cm³/mol. The average molecular weight is 319 g/mol. The second-order valence-electron chi connectivity index (χ2n) is 6.26. The van der Waals surface area contributed by atoms with Crippen LogP contribution in [0, 0.1) is 10.1 Å². The fourth-order valence-electron chi connectivity index (χ4n) is 3.02. The molecule has 0 radical (unpaired) electrons. The highest BCUT2D eigenvalue weighted by atomic mass is 16.6. The molecular weight excluding hydrogens is 294 g/mol. The molecule has 0 unspecified atom stereocenters. The molecule has 0 amide bonds. The fraction of sp³-hybridized carbons (Fsp3) is 0.611. The van der Waals surface area contributed by atoms with Crippen LogP contribution in [-0.2, 0) is 16.0 Å². The van der Waals surface area contributed by atoms with E-state index in [1.807, 2.05) is 0 Å². The van der Waals surface area contributed by atoms with Crippen molar-refractivity contribution in [3.8, 4) is 0 Å². The van der Waals surface area contributed by atoms with Gasteiger partial charge >= 0.3 is 5.97 Å². The molecular formula is C18H25NO4. The number of hydrogen-bond acceptors (Lipinski definition) is 4. The summed E-state index contributed by atoms with van der Waals surface area (Å²) in [5, 5.41) is 10.6. The standard InChI is InChI=1S/C18H25NO4/c20-18(14-15-10-12-16(13-11-15)19(21)22)23-17-8-6-4-2-1-3-5-7-9-17/h10-13,17H,1-9,14H2. The number of nitro groups is 1. The number of rotatable bonds is 4. The van der Waals surface area contributed by atoms with Gasteiger partial charge in [0.1, 0.15) is 6.10 Å². The maximum atomic E-state index is 12.1. The van der Waals surface area contributed by atoms with Crippen LogP contribution in [0.15, 0.2) is 24.3 Å². The lowest BCUT2D eigenvalue weighted by atomic mass is 9.99. The molecule has 1 aliphatic carbocycles. The van der Waals surface area contributed by atoms with Gasteiger partial charge in [-0.15, -0.1) is 0 Å². The SMILES string of the molecule is O=C(Cc1ccc([N+](=O)[O-])cc1)OC1CCCCCCCCC1. The molecule has 1 aromatic carbocycles. The number of ether oxygens (including phenoxy) is 1. The van der Waals surface area contributed by atoms with Gasteiger partial charge in [-0.25, -0.2) is 0 Å². The van der Waals surface area contributed by atoms with Crippen molar-refractivity contribution in [3.05, 3.63) is 39.9 Å². The zero-order valence-electron chi connectivity index (χ0n) is 13.5. The largest absolute Gasteiger partial charge is 0.462 e. The van der Waals surface area contributed by atoms with Crippen LogP contribution in [0.4, 0.5) is 5.69 Å². The predicted octanol–water partition coefficient (Wildman–Crippen LogP) is 4.57. The van der Waals surface area contributed by atoms with E-state index in [1.54, 1.807) is 12.1 Å². The number of nitrogens with zero attached hydrogens (tertiary/aromatic N) is 1. The van der Waals surface area contributed by atoms with Crippen molar-refractivity contribution in [1.82, 2.24) is 0 Å². The second-order valence-corrected chi connectivity index (χ2v) is 6.26. The highest BCUT2D eigenvalue weighted by Gasteiger charge is 2.16. The lowest BCUT2D eigenvalue weighted by molar-refractivity contribution is -0.384. The van der Waals surface area contributed by atoms with Crippen molar-refractivity contribution in [1.29, 1.82) is 0 Å². The van der Waals surface area contributed by atoms with Gasteiger partial charge in [0.15, 0.2) is 0 Å². The van der Waals surface area contributed by atoms with Gasteiger partial charge in [-0.05, 0) is 31.2 Å². The minimum absolute atomic E-state index is 0.0265. The number of non-ortho nitro benzene ring substituents is 1. The minimum atomic E-state index is -0.442. The van der Waals surface area contributed by atoms with E-state index in [0.29, 0.717) is 0 Å². The lowest BCUT2D eigenvalue weighted by Gasteiger charge is -2.19. The summed E-state index contributed by atoms with van der Waals surface area (Å²) in [6.07, 6.45) is 10.7. The summed E-state index contributed by atoms with van der Waals surface area (Å²) in [5.74, 6) is -0.235. The first kappa shape index (κ1) is 17.4. The van der Waals surface area contributed by atoms with Crippen LogP contribution in [0.1, 0.15) is 63.4 Å². The number of hydrogen-bond donors (Lipinski definition) is 0. The van der Waals surface area contributed by atoms with E-state index in [0.717, 1.165) is 31.2 Å². The Morgan fingerprint density at radius 1 is 1.00 bits per heavy atom. The minimum Gasteiger partial charge on any atom is -0.462 e. The van der Waals surface area contributed by atoms with Crippen LogP contribution in [0.2, 0.25) is 0 Å². The Labute approximate surface area is 137 Å². The molecule has 5 nitrogen and oxygen atoms in total. The quantitative estimate of drug-likeness (QED) is 0.463. The molecule has 1 saturated carbocycles. The van der Waals surface area contributed by atoms with E-state index in [9.17, 15) is 14.9 Å². The van der Waals surface area contributed by atoms with E-state index in [4.69, 9.17) is 4.74 Å². The third-order valence-electron chi connectivity index (χ3n) is 4.35. The highest BCUT2D eigenvalue weighted by molar-refractivity contribution is 5.72. The first-order valence-corrected chi connectivity index (χ1v) is 8.58. The first-order chi connectivity index (χ1) is 11.1. The molecule has 1 aliphatic rings. The molecule has 0 aliphatic heterocycles. The van der Waals surface area contributed by atoms with Crippen LogP contribution in [0.5, 0.6) is 0 Å². The molecule has 0 aromatic heterocycles. The summed E-state index contributed by atoms with van der Waals surface area (Å²) in [6, 6.07) is 6.08. The van der Waals surface area contributed by atoms with E-state index in [1.165, 1.54) is 44.2 Å². The summed E-state index contributed by atoms with van der Waals surface area (Å²) in [7, 11) is 0. The summed E-state index contributed by atoms with van der Waals surface area (Å²) >= 11 is 0. The maximum absolute atomic E-state index is 12.1. The van der Waals surface area contributed by atoms with Crippen molar-refractivity contribution in [2.24, 2.45) is 0 Å². The van der Waals surface area contributed by atoms with Gasteiger partial charge in [-0.2, -0.15) is 0 Å². The van der Waals surface area contributed by atoms with Crippen LogP contribution in [-0.4, -0.2) is 17.0 Å². The number of carbonyl (C=O) groups is 1. The van der Waals surface area contributed by atoms with Crippen LogP contribution >= 0.6 is 0 Å². The van der Waals surface area contributed by atoms with Crippen molar-refractivity contribution in [2.75, 3.05) is 0 Å². The topological polar surface area (TPSA) is 69.4 Å². The Bertz CT molecular complexity index is 502. The van der Waals surface area contributed by atoms with Crippen molar-refractivity contribution >= 4 is 11.7 Å². The third-order valence-corrected chi connectivity index (χ3v) is 4.35. The third kappa shape index (κ3) is 6.38. The summed E-state index contributed by atoms with van der Waals surface area (Å²) in [6.45, 7) is 0. The summed E-state index contributed by atoms with van der Waals surface area (Å²) in [4.78, 5) is 22.3. The van der Waals surface area contributed by atoms with Crippen molar-refractivity contribution in [2.45, 2.75) is 70.3 Å². The first-order valence-electron chi connectivity index (χ1n) is 8.58. The summed E-state index contributed by atoms with van der Waals surface area (Å²) in [5.41, 5.74) is 0.787. The fourth-order valence-corrected chi connectivity index (χ4v) is 3.02. The van der Waals surface area contributed by atoms with Crippen molar-refractivity contribution < 1.29 is 14.5 Å². The molecule has 0 spiro atoms. The highest BCUT2D eigenvalue weighted by Crippen LogP contribution is 2.20. The van der Waals surface area contributed by atoms with E-state index in [-0.39, 0.29) is 24.2 Å². The molecule has 2 rings (SSSR count). The van der Waals surface area contributed by atoms with Gasteiger partial charge in [0, 0.05) is 12.1 Å². The van der Waals surface area contributed by atoms with Gasteiger partial charge < -0.3 is 4.74 Å². The molecule has 0 heterocycles. The smallest absolute Gasteiger partial charge is 0.310 e. The Hall–Kier alpha value is -1.91. The second kappa shape index (κ2) is 9.28. The molecule has 1 fully saturated rings. The van der Waals surface area contributed by atoms with Crippen LogP contribution in [0.25, 0.3) is 0 Å². The molecule has 0 atom stereocenters. The summed E-state index contributed by atoms with van der Waals surface area (Å²) < 4.78 is 5.63. The normalized spacial score (nSPS) is 17.4. The molecule has 23 heavy (non-hydrogen) atoms. The Morgan fingerprint density at radius 3 is 2.04 bits per heavy atom. The molecule has 126 valence electrons. The lowest BCUT2D eigenvalue weighted by Crippen LogP contribution is -2.20. The Morgan fingerprint density at radius 2 is 1.52 bits per heavy atom.